The number of likely N-dealkylation sites (N-methyl/N-ethyl adjacent to an activating group) is 1. The number of amides is 1. The molecular formula is C16H35NO3Si. The zero-order valence-corrected chi connectivity index (χ0v) is 16.3. The van der Waals surface area contributed by atoms with Crippen LogP contribution < -0.4 is 0 Å². The molecule has 0 fully saturated rings. The predicted octanol–water partition coefficient (Wildman–Crippen LogP) is 4.66. The van der Waals surface area contributed by atoms with Gasteiger partial charge < -0.3 is 14.1 Å². The van der Waals surface area contributed by atoms with Crippen LogP contribution in [0.4, 0.5) is 4.79 Å². The fourth-order valence-electron chi connectivity index (χ4n) is 3.36. The molecule has 0 rings (SSSR count). The summed E-state index contributed by atoms with van der Waals surface area (Å²) in [5.74, 6) is 0. The molecule has 0 saturated heterocycles. The van der Waals surface area contributed by atoms with Crippen molar-refractivity contribution in [1.82, 2.24) is 4.90 Å². The van der Waals surface area contributed by atoms with E-state index < -0.39 is 20.9 Å². The van der Waals surface area contributed by atoms with Gasteiger partial charge in [0.05, 0.1) is 14.1 Å². The molecule has 0 unspecified atom stereocenters. The summed E-state index contributed by atoms with van der Waals surface area (Å²) >= 11 is 0. The van der Waals surface area contributed by atoms with Gasteiger partial charge in [0.1, 0.15) is 0 Å². The number of carbonyl (C=O) groups is 1. The first kappa shape index (κ1) is 18.5. The van der Waals surface area contributed by atoms with Gasteiger partial charge in [-0.05, 0) is 30.5 Å². The van der Waals surface area contributed by atoms with Crippen molar-refractivity contribution in [3.8, 4) is 0 Å². The molecule has 0 N–H and O–H groups in total. The van der Waals surface area contributed by atoms with Crippen LogP contribution in [0, 0.1) is 0 Å². The molecule has 0 heterocycles. The molecule has 21 heavy (non-hydrogen) atoms. The first-order chi connectivity index (χ1) is 10.0. The van der Waals surface area contributed by atoms with Gasteiger partial charge in [-0.25, -0.2) is 4.79 Å². The van der Waals surface area contributed by atoms with E-state index in [1.165, 1.54) is 4.90 Å². The Morgan fingerprint density at radius 3 is 1.86 bits per heavy atom. The van der Waals surface area contributed by atoms with Crippen LogP contribution in [-0.2, 0) is 9.16 Å². The summed E-state index contributed by atoms with van der Waals surface area (Å²) in [5, 5.41) is 0. The molecular weight excluding hydrogens is 282 g/mol. The molecule has 0 aromatic rings. The molecule has 4 nitrogen and oxygen atoms in total. The van der Waals surface area contributed by atoms with E-state index >= 15 is 0 Å². The maximum atomic E-state index is 11.8. The summed E-state index contributed by atoms with van der Waals surface area (Å²) in [4.78, 5) is 13.1. The number of nitrogens with zero attached hydrogens (tertiary/aromatic N) is 1. The minimum atomic E-state index is -2.05. The highest BCUT2D eigenvalue weighted by Crippen LogP contribution is 2.42. The summed E-state index contributed by atoms with van der Waals surface area (Å²) in [7, 11) is -0.455. The zero-order chi connectivity index (χ0) is 17.7. The highest BCUT2D eigenvalue weighted by molar-refractivity contribution is 6.77. The lowest BCUT2D eigenvalue weighted by Crippen LogP contribution is -2.51. The highest BCUT2D eigenvalue weighted by Gasteiger charge is 2.46. The maximum absolute atomic E-state index is 11.8. The van der Waals surface area contributed by atoms with Gasteiger partial charge in [-0.1, -0.05) is 41.5 Å². The Morgan fingerprint density at radius 2 is 1.52 bits per heavy atom. The second-order valence-corrected chi connectivity index (χ2v) is 12.0. The SMILES string of the molecule is [2H][C@@H]([C@H](C)O[Si](C(C)C)(C(C)C)C(C)C)N(C)C(=O)OCC. The number of hydrogen-bond donors (Lipinski definition) is 0. The minimum absolute atomic E-state index is 0.313. The summed E-state index contributed by atoms with van der Waals surface area (Å²) < 4.78 is 19.8. The predicted molar refractivity (Wildman–Crippen MR) is 91.2 cm³/mol. The first-order valence-electron chi connectivity index (χ1n) is 8.59. The van der Waals surface area contributed by atoms with Gasteiger partial charge in [-0.2, -0.15) is 0 Å². The van der Waals surface area contributed by atoms with E-state index in [0.29, 0.717) is 23.2 Å². The molecule has 0 saturated carbocycles. The van der Waals surface area contributed by atoms with Crippen molar-refractivity contribution >= 4 is 14.4 Å². The standard InChI is InChI=1S/C16H35NO3Si/c1-10-19-16(18)17(9)11-15(8)20-21(12(2)3,13(4)5)14(6)7/h12-15H,10-11H2,1-9H3/t15-/m0/s1/i11D/t11-,15-. The Morgan fingerprint density at radius 1 is 1.10 bits per heavy atom. The molecule has 0 aliphatic carbocycles. The molecule has 0 aromatic carbocycles. The van der Waals surface area contributed by atoms with Crippen molar-refractivity contribution in [1.29, 1.82) is 0 Å². The van der Waals surface area contributed by atoms with Gasteiger partial charge >= 0.3 is 6.09 Å². The number of carbonyl (C=O) groups excluding carboxylic acids is 1. The van der Waals surface area contributed by atoms with Crippen molar-refractivity contribution < 1.29 is 15.3 Å². The second-order valence-electron chi connectivity index (χ2n) is 6.60. The van der Waals surface area contributed by atoms with E-state index in [0.717, 1.165) is 0 Å². The maximum Gasteiger partial charge on any atom is 0.409 e. The number of hydrogen-bond acceptors (Lipinski definition) is 3. The Labute approximate surface area is 133 Å². The van der Waals surface area contributed by atoms with Crippen molar-refractivity contribution in [2.24, 2.45) is 0 Å². The quantitative estimate of drug-likeness (QED) is 0.611. The van der Waals surface area contributed by atoms with Crippen molar-refractivity contribution in [3.63, 3.8) is 0 Å². The van der Waals surface area contributed by atoms with Gasteiger partial charge in [0.25, 0.3) is 0 Å². The fourth-order valence-corrected chi connectivity index (χ4v) is 8.88. The van der Waals surface area contributed by atoms with E-state index in [-0.39, 0.29) is 6.10 Å². The Kier molecular flexibility index (Phi) is 7.74. The Hall–Kier alpha value is -0.553. The Balaban J connectivity index is 5.19. The summed E-state index contributed by atoms with van der Waals surface area (Å²) in [6.45, 7) is 16.5. The average Bonchev–Trinajstić information content (AvgIpc) is 2.41. The van der Waals surface area contributed by atoms with Crippen LogP contribution in [0.25, 0.3) is 0 Å². The molecule has 0 aliphatic rings. The van der Waals surface area contributed by atoms with E-state index in [1.807, 2.05) is 6.92 Å². The summed E-state index contributed by atoms with van der Waals surface area (Å²) in [6, 6.07) is 0. The van der Waals surface area contributed by atoms with Gasteiger partial charge in [0.15, 0.2) is 0 Å². The zero-order valence-electron chi connectivity index (χ0n) is 16.3. The highest BCUT2D eigenvalue weighted by atomic mass is 28.4. The molecule has 2 atom stereocenters. The lowest BCUT2D eigenvalue weighted by Gasteiger charge is -2.44. The van der Waals surface area contributed by atoms with Gasteiger partial charge in [-0.15, -0.1) is 0 Å². The molecule has 5 heteroatoms. The minimum Gasteiger partial charge on any atom is -0.450 e. The smallest absolute Gasteiger partial charge is 0.409 e. The van der Waals surface area contributed by atoms with E-state index in [4.69, 9.17) is 10.5 Å². The second kappa shape index (κ2) is 8.78. The Bertz CT molecular complexity index is 329. The van der Waals surface area contributed by atoms with Crippen LogP contribution in [0.5, 0.6) is 0 Å². The average molecular weight is 319 g/mol. The van der Waals surface area contributed by atoms with Crippen LogP contribution in [0.3, 0.4) is 0 Å². The third kappa shape index (κ3) is 5.29. The fraction of sp³-hybridized carbons (Fsp3) is 0.938. The van der Waals surface area contributed by atoms with Crippen molar-refractivity contribution in [3.05, 3.63) is 0 Å². The van der Waals surface area contributed by atoms with Gasteiger partial charge in [-0.3, -0.25) is 0 Å². The molecule has 0 aliphatic heterocycles. The monoisotopic (exact) mass is 318 g/mol. The number of rotatable bonds is 8. The first-order valence-corrected chi connectivity index (χ1v) is 10.2. The molecule has 0 bridgehead atoms. The molecule has 1 amide bonds. The summed E-state index contributed by atoms with van der Waals surface area (Å²) in [6.07, 6.45) is -0.808. The van der Waals surface area contributed by atoms with Crippen molar-refractivity contribution in [2.75, 3.05) is 20.2 Å². The molecule has 126 valence electrons. The van der Waals surface area contributed by atoms with Crippen LogP contribution in [-0.4, -0.2) is 45.6 Å². The van der Waals surface area contributed by atoms with E-state index in [1.54, 1.807) is 14.0 Å². The number of ether oxygens (including phenoxy) is 1. The van der Waals surface area contributed by atoms with Crippen LogP contribution in [0.15, 0.2) is 0 Å². The third-order valence-corrected chi connectivity index (χ3v) is 10.3. The van der Waals surface area contributed by atoms with Crippen LogP contribution in [0.1, 0.15) is 56.8 Å². The van der Waals surface area contributed by atoms with Crippen LogP contribution >= 0.6 is 0 Å². The molecule has 0 aromatic heterocycles. The topological polar surface area (TPSA) is 38.8 Å². The molecule has 0 spiro atoms. The van der Waals surface area contributed by atoms with Crippen LogP contribution in [0.2, 0.25) is 16.6 Å². The van der Waals surface area contributed by atoms with E-state index in [9.17, 15) is 4.79 Å². The molecule has 0 radical (unpaired) electrons. The lowest BCUT2D eigenvalue weighted by molar-refractivity contribution is 0.0929. The van der Waals surface area contributed by atoms with Gasteiger partial charge in [0.2, 0.25) is 8.32 Å². The third-order valence-electron chi connectivity index (χ3n) is 4.09. The normalized spacial score (nSPS) is 16.1. The summed E-state index contributed by atoms with van der Waals surface area (Å²) in [5.41, 5.74) is 1.36. The van der Waals surface area contributed by atoms with Gasteiger partial charge in [0, 0.05) is 13.6 Å². The lowest BCUT2D eigenvalue weighted by atomic mass is 10.4. The van der Waals surface area contributed by atoms with Crippen molar-refractivity contribution in [2.45, 2.75) is 78.1 Å². The van der Waals surface area contributed by atoms with E-state index in [2.05, 4.69) is 41.5 Å². The largest absolute Gasteiger partial charge is 0.450 e.